The highest BCUT2D eigenvalue weighted by molar-refractivity contribution is 7.97. The lowest BCUT2D eigenvalue weighted by atomic mass is 10.4. The maximum Gasteiger partial charge on any atom is 0.277 e. The molecule has 0 spiro atoms. The van der Waals surface area contributed by atoms with Gasteiger partial charge in [0.25, 0.3) is 32.1 Å². The fraction of sp³-hybridized carbons (Fsp3) is 0.500. The summed E-state index contributed by atoms with van der Waals surface area (Å²) in [5.74, 6) is -4.95. The molecule has 0 bridgehead atoms. The Morgan fingerprint density at radius 3 is 1.30 bits per heavy atom. The lowest BCUT2D eigenvalue weighted by molar-refractivity contribution is -0.132. The topological polar surface area (TPSA) is 183 Å². The van der Waals surface area contributed by atoms with E-state index in [0.717, 1.165) is 0 Å². The molecule has 2 aliphatic rings. The molecule has 12 nitrogen and oxygen atoms in total. The molecule has 2 N–H and O–H groups in total. The fourth-order valence-corrected chi connectivity index (χ4v) is 4.35. The van der Waals surface area contributed by atoms with Gasteiger partial charge in [-0.1, -0.05) is 0 Å². The van der Waals surface area contributed by atoms with Crippen molar-refractivity contribution in [3.63, 3.8) is 0 Å². The molecular formula is C8H8N2O10S3. The number of amides is 4. The van der Waals surface area contributed by atoms with Crippen molar-refractivity contribution in [3.05, 3.63) is 0 Å². The van der Waals surface area contributed by atoms with Crippen LogP contribution in [0.3, 0.4) is 0 Å². The zero-order valence-electron chi connectivity index (χ0n) is 10.8. The molecule has 0 saturated carbocycles. The summed E-state index contributed by atoms with van der Waals surface area (Å²) in [7, 11) is -9.72. The number of nitrogens with zero attached hydrogens (tertiary/aromatic N) is 2. The summed E-state index contributed by atoms with van der Waals surface area (Å²) in [4.78, 5) is 46.8. The second-order valence-electron chi connectivity index (χ2n) is 4.55. The number of carbonyl (C=O) groups is 4. The first kappa shape index (κ1) is 17.8. The van der Waals surface area contributed by atoms with Gasteiger partial charge in [0.15, 0.2) is 10.5 Å². The Labute approximate surface area is 133 Å². The van der Waals surface area contributed by atoms with E-state index in [4.69, 9.17) is 9.11 Å². The maximum absolute atomic E-state index is 11.8. The Morgan fingerprint density at radius 2 is 1.09 bits per heavy atom. The van der Waals surface area contributed by atoms with Crippen LogP contribution in [-0.2, 0) is 39.4 Å². The molecule has 2 heterocycles. The summed E-state index contributed by atoms with van der Waals surface area (Å²) in [6.07, 6.45) is -1.77. The molecule has 0 aromatic carbocycles. The van der Waals surface area contributed by atoms with Gasteiger partial charge in [-0.2, -0.15) is 16.8 Å². The molecule has 23 heavy (non-hydrogen) atoms. The SMILES string of the molecule is O=C1CC(S(=O)(=O)O)C(=O)N1SN1C(=O)CC(S(=O)(=O)O)C1=O. The van der Waals surface area contributed by atoms with Crippen LogP contribution >= 0.6 is 12.1 Å². The van der Waals surface area contributed by atoms with E-state index in [2.05, 4.69) is 0 Å². The summed E-state index contributed by atoms with van der Waals surface area (Å²) < 4.78 is 61.9. The quantitative estimate of drug-likeness (QED) is 0.297. The van der Waals surface area contributed by atoms with Crippen molar-refractivity contribution in [2.24, 2.45) is 0 Å². The van der Waals surface area contributed by atoms with E-state index in [0.29, 0.717) is 0 Å². The minimum absolute atomic E-state index is 0.0956. The van der Waals surface area contributed by atoms with E-state index in [-0.39, 0.29) is 20.7 Å². The van der Waals surface area contributed by atoms with Gasteiger partial charge in [0, 0.05) is 0 Å². The highest BCUT2D eigenvalue weighted by Gasteiger charge is 2.52. The van der Waals surface area contributed by atoms with Gasteiger partial charge in [0.2, 0.25) is 11.8 Å². The second-order valence-corrected chi connectivity index (χ2v) is 8.64. The third-order valence-electron chi connectivity index (χ3n) is 3.01. The molecule has 15 heteroatoms. The van der Waals surface area contributed by atoms with E-state index >= 15 is 0 Å². The van der Waals surface area contributed by atoms with E-state index in [1.165, 1.54) is 0 Å². The van der Waals surface area contributed by atoms with Crippen molar-refractivity contribution in [3.8, 4) is 0 Å². The van der Waals surface area contributed by atoms with Crippen molar-refractivity contribution < 1.29 is 45.1 Å². The van der Waals surface area contributed by atoms with Crippen LogP contribution < -0.4 is 0 Å². The Morgan fingerprint density at radius 1 is 0.783 bits per heavy atom. The number of imide groups is 2. The van der Waals surface area contributed by atoms with Crippen LogP contribution in [-0.4, -0.2) is 68.7 Å². The average molecular weight is 388 g/mol. The predicted molar refractivity (Wildman–Crippen MR) is 71.2 cm³/mol. The zero-order valence-corrected chi connectivity index (χ0v) is 13.3. The summed E-state index contributed by atoms with van der Waals surface area (Å²) in [6, 6.07) is 0. The molecule has 2 saturated heterocycles. The molecule has 0 aliphatic carbocycles. The molecule has 2 fully saturated rings. The highest BCUT2D eigenvalue weighted by atomic mass is 32.2. The Bertz CT molecular complexity index is 747. The summed E-state index contributed by atoms with van der Waals surface area (Å²) in [5.41, 5.74) is 0. The Balaban J connectivity index is 2.23. The summed E-state index contributed by atoms with van der Waals surface area (Å²) in [6.45, 7) is 0. The van der Waals surface area contributed by atoms with Gasteiger partial charge in [-0.05, 0) is 0 Å². The average Bonchev–Trinajstić information content (AvgIpc) is 2.81. The molecule has 2 atom stereocenters. The van der Waals surface area contributed by atoms with Crippen molar-refractivity contribution in [2.45, 2.75) is 23.3 Å². The van der Waals surface area contributed by atoms with E-state index in [1.54, 1.807) is 0 Å². The monoisotopic (exact) mass is 388 g/mol. The first-order chi connectivity index (χ1) is 10.3. The van der Waals surface area contributed by atoms with Gasteiger partial charge >= 0.3 is 0 Å². The molecule has 128 valence electrons. The molecule has 4 amide bonds. The smallest absolute Gasteiger partial charge is 0.277 e. The van der Waals surface area contributed by atoms with E-state index in [9.17, 15) is 36.0 Å². The first-order valence-corrected chi connectivity index (χ1v) is 9.42. The minimum Gasteiger partial charge on any atom is -0.285 e. The molecule has 0 aromatic rings. The Hall–Kier alpha value is -1.55. The number of carbonyl (C=O) groups excluding carboxylic acids is 4. The summed E-state index contributed by atoms with van der Waals surface area (Å²) in [5, 5.41) is -4.12. The van der Waals surface area contributed by atoms with Crippen molar-refractivity contribution in [1.82, 2.24) is 8.61 Å². The molecule has 2 rings (SSSR count). The van der Waals surface area contributed by atoms with Gasteiger partial charge in [-0.15, -0.1) is 0 Å². The van der Waals surface area contributed by atoms with Gasteiger partial charge in [-0.3, -0.25) is 28.3 Å². The van der Waals surface area contributed by atoms with Gasteiger partial charge in [0.1, 0.15) is 0 Å². The van der Waals surface area contributed by atoms with Crippen molar-refractivity contribution in [2.75, 3.05) is 0 Å². The molecular weight excluding hydrogens is 380 g/mol. The largest absolute Gasteiger partial charge is 0.285 e. The van der Waals surface area contributed by atoms with Crippen LogP contribution in [0.25, 0.3) is 0 Å². The first-order valence-electron chi connectivity index (χ1n) is 5.68. The molecule has 2 unspecified atom stereocenters. The van der Waals surface area contributed by atoms with Crippen LogP contribution in [0.5, 0.6) is 0 Å². The standard InChI is InChI=1S/C8H8N2O10S3/c11-5-1-3(22(15,16)17)7(13)9(5)21-10-6(12)2-4(8(10)14)23(18,19)20/h3-4H,1-2H2,(H,15,16,17)(H,18,19,20). The molecule has 2 aliphatic heterocycles. The van der Waals surface area contributed by atoms with Crippen LogP contribution in [0.1, 0.15) is 12.8 Å². The highest BCUT2D eigenvalue weighted by Crippen LogP contribution is 2.32. The summed E-state index contributed by atoms with van der Waals surface area (Å²) >= 11 is -0.0956. The number of rotatable bonds is 4. The normalized spacial score (nSPS) is 26.5. The van der Waals surface area contributed by atoms with Crippen LogP contribution in [0.4, 0.5) is 0 Å². The fourth-order valence-electron chi connectivity index (χ4n) is 1.88. The predicted octanol–water partition coefficient (Wildman–Crippen LogP) is -2.42. The number of hydrogen-bond acceptors (Lipinski definition) is 9. The lowest BCUT2D eigenvalue weighted by Crippen LogP contribution is -2.37. The third kappa shape index (κ3) is 3.23. The van der Waals surface area contributed by atoms with Crippen molar-refractivity contribution >= 4 is 56.0 Å². The zero-order chi connectivity index (χ0) is 17.7. The minimum atomic E-state index is -4.86. The molecule has 0 radical (unpaired) electrons. The van der Waals surface area contributed by atoms with Gasteiger partial charge in [-0.25, -0.2) is 8.61 Å². The van der Waals surface area contributed by atoms with E-state index in [1.807, 2.05) is 0 Å². The van der Waals surface area contributed by atoms with Crippen LogP contribution in [0.2, 0.25) is 0 Å². The van der Waals surface area contributed by atoms with Crippen LogP contribution in [0.15, 0.2) is 0 Å². The van der Waals surface area contributed by atoms with Crippen molar-refractivity contribution in [1.29, 1.82) is 0 Å². The molecule has 0 aromatic heterocycles. The van der Waals surface area contributed by atoms with Gasteiger partial charge in [0.05, 0.1) is 25.0 Å². The Kier molecular flexibility index (Phi) is 4.27. The van der Waals surface area contributed by atoms with Crippen LogP contribution in [0, 0.1) is 0 Å². The lowest BCUT2D eigenvalue weighted by Gasteiger charge is -2.18. The van der Waals surface area contributed by atoms with Gasteiger partial charge < -0.3 is 0 Å². The third-order valence-corrected chi connectivity index (χ3v) is 6.28. The second kappa shape index (κ2) is 5.52. The maximum atomic E-state index is 11.8. The number of hydrogen-bond donors (Lipinski definition) is 2. The van der Waals surface area contributed by atoms with E-state index < -0.39 is 67.2 Å².